The van der Waals surface area contributed by atoms with Gasteiger partial charge in [-0.15, -0.1) is 0 Å². The van der Waals surface area contributed by atoms with Gasteiger partial charge in [-0.05, 0) is 96.2 Å². The highest BCUT2D eigenvalue weighted by Crippen LogP contribution is 2.22. The van der Waals surface area contributed by atoms with Gasteiger partial charge >= 0.3 is 0 Å². The Morgan fingerprint density at radius 1 is 0.361 bits per heavy atom. The first-order valence-corrected chi connectivity index (χ1v) is 12.3. The van der Waals surface area contributed by atoms with E-state index in [0.29, 0.717) is 0 Å². The summed E-state index contributed by atoms with van der Waals surface area (Å²) in [6.45, 7) is 0. The summed E-state index contributed by atoms with van der Waals surface area (Å²) in [5.41, 5.74) is 11.0. The zero-order valence-electron chi connectivity index (χ0n) is 19.9. The molecule has 0 saturated carbocycles. The van der Waals surface area contributed by atoms with Crippen molar-refractivity contribution >= 4 is 0 Å². The Labute approximate surface area is 213 Å². The van der Waals surface area contributed by atoms with Crippen molar-refractivity contribution in [3.8, 4) is 47.4 Å². The van der Waals surface area contributed by atoms with Crippen LogP contribution in [0, 0.1) is 47.4 Å². The summed E-state index contributed by atoms with van der Waals surface area (Å²) in [7, 11) is 0. The largest absolute Gasteiger partial charge is 0.0613 e. The van der Waals surface area contributed by atoms with E-state index >= 15 is 0 Å². The fourth-order valence-electron chi connectivity index (χ4n) is 4.65. The minimum atomic E-state index is 0.893. The Bertz CT molecular complexity index is 1620. The molecule has 6 bridgehead atoms. The topological polar surface area (TPSA) is 0 Å². The molecule has 6 aliphatic rings. The maximum atomic E-state index is 3.48. The van der Waals surface area contributed by atoms with Crippen LogP contribution < -0.4 is 0 Å². The van der Waals surface area contributed by atoms with E-state index in [0.717, 1.165) is 59.1 Å². The third kappa shape index (κ3) is 4.68. The van der Waals surface area contributed by atoms with Crippen LogP contribution >= 0.6 is 0 Å². The fraction of sp³-hybridized carbons (Fsp3) is 0.111. The van der Waals surface area contributed by atoms with Crippen molar-refractivity contribution in [3.63, 3.8) is 0 Å². The van der Waals surface area contributed by atoms with Crippen LogP contribution in [0.15, 0.2) is 84.9 Å². The molecule has 0 N–H and O–H groups in total. The van der Waals surface area contributed by atoms with Crippen molar-refractivity contribution in [1.29, 1.82) is 0 Å². The van der Waals surface area contributed by atoms with Gasteiger partial charge in [-0.2, -0.15) is 0 Å². The maximum absolute atomic E-state index is 3.48. The second kappa shape index (κ2) is 9.77. The predicted molar refractivity (Wildman–Crippen MR) is 146 cm³/mol. The number of hydrogen-bond donors (Lipinski definition) is 0. The van der Waals surface area contributed by atoms with Gasteiger partial charge in [0.25, 0.3) is 0 Å². The first-order chi connectivity index (χ1) is 17.8. The highest BCUT2D eigenvalue weighted by Gasteiger charge is 2.10. The number of aryl methyl sites for hydroxylation is 4. The van der Waals surface area contributed by atoms with Crippen LogP contribution in [0.2, 0.25) is 0 Å². The minimum absolute atomic E-state index is 0.893. The molecule has 0 saturated heterocycles. The van der Waals surface area contributed by atoms with Gasteiger partial charge in [-0.25, -0.2) is 0 Å². The molecule has 0 unspecified atom stereocenters. The Morgan fingerprint density at radius 2 is 0.750 bits per heavy atom. The summed E-state index contributed by atoms with van der Waals surface area (Å²) >= 11 is 0. The number of benzene rings is 4. The van der Waals surface area contributed by atoms with Gasteiger partial charge in [0.2, 0.25) is 0 Å². The fourth-order valence-corrected chi connectivity index (χ4v) is 4.65. The highest BCUT2D eigenvalue weighted by molar-refractivity contribution is 5.58. The van der Waals surface area contributed by atoms with Gasteiger partial charge in [0.15, 0.2) is 0 Å². The summed E-state index contributed by atoms with van der Waals surface area (Å²) in [6.07, 6.45) is 3.78. The molecule has 6 aliphatic carbocycles. The van der Waals surface area contributed by atoms with E-state index in [-0.39, 0.29) is 0 Å². The van der Waals surface area contributed by atoms with E-state index in [9.17, 15) is 0 Å². The molecule has 166 valence electrons. The van der Waals surface area contributed by atoms with Crippen molar-refractivity contribution < 1.29 is 0 Å². The van der Waals surface area contributed by atoms with E-state index in [1.807, 2.05) is 48.5 Å². The van der Waals surface area contributed by atoms with Gasteiger partial charge in [-0.1, -0.05) is 84.1 Å². The molecular weight excluding hydrogens is 432 g/mol. The Morgan fingerprint density at radius 3 is 1.19 bits per heavy atom. The average molecular weight is 455 g/mol. The van der Waals surface area contributed by atoms with Crippen molar-refractivity contribution in [2.75, 3.05) is 0 Å². The number of fused-ring (bicyclic) bond motifs is 1. The van der Waals surface area contributed by atoms with Gasteiger partial charge in [-0.3, -0.25) is 0 Å². The quantitative estimate of drug-likeness (QED) is 0.282. The zero-order chi connectivity index (χ0) is 24.2. The molecule has 36 heavy (non-hydrogen) atoms. The lowest BCUT2D eigenvalue weighted by Crippen LogP contribution is -2.02. The lowest BCUT2D eigenvalue weighted by molar-refractivity contribution is 0.916. The summed E-state index contributed by atoms with van der Waals surface area (Å²) in [6, 6.07) is 29.6. The summed E-state index contributed by atoms with van der Waals surface area (Å²) in [5.74, 6) is 26.2. The molecule has 0 atom stereocenters. The minimum Gasteiger partial charge on any atom is -0.0613 e. The summed E-state index contributed by atoms with van der Waals surface area (Å²) in [5, 5.41) is 0. The second-order valence-corrected chi connectivity index (χ2v) is 9.07. The third-order valence-electron chi connectivity index (χ3n) is 6.69. The molecule has 0 amide bonds. The molecule has 0 fully saturated rings. The van der Waals surface area contributed by atoms with E-state index in [1.165, 1.54) is 22.3 Å². The normalized spacial score (nSPS) is 12.6. The van der Waals surface area contributed by atoms with Crippen LogP contribution in [0.25, 0.3) is 0 Å². The molecule has 0 heterocycles. The zero-order valence-corrected chi connectivity index (χ0v) is 19.9. The van der Waals surface area contributed by atoms with Crippen LogP contribution in [0.5, 0.6) is 0 Å². The Kier molecular flexibility index (Phi) is 5.87. The average Bonchev–Trinajstić information content (AvgIpc) is 2.91. The summed E-state index contributed by atoms with van der Waals surface area (Å²) in [4.78, 5) is 0. The van der Waals surface area contributed by atoms with Crippen molar-refractivity contribution in [1.82, 2.24) is 0 Å². The second-order valence-electron chi connectivity index (χ2n) is 9.07. The van der Waals surface area contributed by atoms with E-state index < -0.39 is 0 Å². The smallest absolute Gasteiger partial charge is 0.0412 e. The van der Waals surface area contributed by atoms with E-state index in [1.54, 1.807) is 0 Å². The molecule has 10 rings (SSSR count). The maximum Gasteiger partial charge on any atom is 0.0412 e. The molecule has 0 radical (unpaired) electrons. The Balaban J connectivity index is 1.57. The van der Waals surface area contributed by atoms with Crippen LogP contribution in [0.1, 0.15) is 55.6 Å². The van der Waals surface area contributed by atoms with Gasteiger partial charge in [0, 0.05) is 33.4 Å². The van der Waals surface area contributed by atoms with E-state index in [4.69, 9.17) is 0 Å². The van der Waals surface area contributed by atoms with Gasteiger partial charge in [0.1, 0.15) is 0 Å². The van der Waals surface area contributed by atoms with Crippen LogP contribution in [-0.2, 0) is 25.7 Å². The molecule has 0 aliphatic heterocycles. The molecule has 0 aromatic heterocycles. The monoisotopic (exact) mass is 454 g/mol. The number of rotatable bonds is 0. The van der Waals surface area contributed by atoms with Crippen LogP contribution in [0.3, 0.4) is 0 Å². The summed E-state index contributed by atoms with van der Waals surface area (Å²) < 4.78 is 0. The highest BCUT2D eigenvalue weighted by atomic mass is 14.1. The molecular formula is C36H22. The molecule has 4 aromatic carbocycles. The Hall–Kier alpha value is -4.88. The van der Waals surface area contributed by atoms with Gasteiger partial charge in [0.05, 0.1) is 0 Å². The van der Waals surface area contributed by atoms with Gasteiger partial charge < -0.3 is 0 Å². The molecule has 0 spiro atoms. The van der Waals surface area contributed by atoms with Crippen LogP contribution in [-0.4, -0.2) is 0 Å². The van der Waals surface area contributed by atoms with E-state index in [2.05, 4.69) is 83.8 Å². The lowest BCUT2D eigenvalue weighted by Gasteiger charge is -2.13. The molecule has 4 aromatic rings. The first-order valence-electron chi connectivity index (χ1n) is 12.3. The number of hydrogen-bond acceptors (Lipinski definition) is 0. The van der Waals surface area contributed by atoms with Crippen LogP contribution in [0.4, 0.5) is 0 Å². The van der Waals surface area contributed by atoms with Crippen molar-refractivity contribution in [3.05, 3.63) is 141 Å². The lowest BCUT2D eigenvalue weighted by atomic mass is 9.91. The standard InChI is InChI=1S/C36H22/c1-2-8-30-10-4-6-12-32(30)22-24-36-26-28-14-18-34(36)20-16-27-13-17-33(19-15-28)35(25-27)23-21-31-11-5-3-9-29(31)7-1/h3-6,9-14,17-18,25-26H,15-16,19-20H2. The first kappa shape index (κ1) is 21.6. The third-order valence-corrected chi connectivity index (χ3v) is 6.69. The van der Waals surface area contributed by atoms with Crippen molar-refractivity contribution in [2.45, 2.75) is 25.7 Å². The molecule has 0 heteroatoms. The van der Waals surface area contributed by atoms with Crippen molar-refractivity contribution in [2.24, 2.45) is 0 Å². The molecule has 0 nitrogen and oxygen atoms in total. The SMILES string of the molecule is C1#Cc2ccccc2C#Cc2cc3ccc2CCc2ccc(c(c2)C#Cc2ccccc2C#C1)CC3. The predicted octanol–water partition coefficient (Wildman–Crippen LogP) is 6.09.